The summed E-state index contributed by atoms with van der Waals surface area (Å²) in [6, 6.07) is 8.20. The second-order valence-electron chi connectivity index (χ2n) is 7.40. The Labute approximate surface area is 179 Å². The topological polar surface area (TPSA) is 89.0 Å². The van der Waals surface area contributed by atoms with Gasteiger partial charge in [0.25, 0.3) is 5.91 Å². The Morgan fingerprint density at radius 1 is 1.37 bits per heavy atom. The second-order valence-corrected chi connectivity index (χ2v) is 8.91. The van der Waals surface area contributed by atoms with E-state index in [1.807, 2.05) is 16.7 Å². The maximum Gasteiger partial charge on any atom is 0.256 e. The van der Waals surface area contributed by atoms with Crippen molar-refractivity contribution in [1.82, 2.24) is 9.88 Å². The average Bonchev–Trinajstić information content (AvgIpc) is 3.48. The molecule has 30 heavy (non-hydrogen) atoms. The van der Waals surface area contributed by atoms with E-state index in [0.29, 0.717) is 48.3 Å². The summed E-state index contributed by atoms with van der Waals surface area (Å²) in [4.78, 5) is 30.4. The van der Waals surface area contributed by atoms with Crippen LogP contribution in [0.2, 0.25) is 0 Å². The van der Waals surface area contributed by atoms with E-state index in [1.54, 1.807) is 37.6 Å². The van der Waals surface area contributed by atoms with E-state index in [0.717, 1.165) is 19.3 Å². The standard InChI is InChI=1S/C22H24N2O5S/c1-28-20-9-8-15(13-23-20)21(27)24-11-3-2-7-19-22(24,30-19)10-12-29-18-6-4-5-17(26)16(18)14-25/h4-6,8-9,13-14,19,26H,2-3,7,10-12H2,1H3/t19?,22-/m1/s1. The largest absolute Gasteiger partial charge is 0.507 e. The molecule has 0 spiro atoms. The number of methoxy groups -OCH3 is 1. The number of likely N-dealkylation sites (tertiary alicyclic amines) is 1. The van der Waals surface area contributed by atoms with Gasteiger partial charge in [-0.15, -0.1) is 11.8 Å². The van der Waals surface area contributed by atoms with Crippen LogP contribution < -0.4 is 9.47 Å². The first kappa shape index (κ1) is 20.5. The maximum absolute atomic E-state index is 13.3. The number of benzene rings is 1. The number of hydrogen-bond donors (Lipinski definition) is 1. The number of aldehydes is 1. The molecule has 2 aliphatic heterocycles. The van der Waals surface area contributed by atoms with Crippen LogP contribution in [-0.4, -0.2) is 57.6 Å². The number of hydrogen-bond acceptors (Lipinski definition) is 7. The van der Waals surface area contributed by atoms with Gasteiger partial charge in [-0.25, -0.2) is 4.98 Å². The molecule has 2 aliphatic rings. The van der Waals surface area contributed by atoms with Gasteiger partial charge in [0.2, 0.25) is 5.88 Å². The van der Waals surface area contributed by atoms with Gasteiger partial charge in [-0.05, 0) is 31.0 Å². The van der Waals surface area contributed by atoms with Crippen LogP contribution in [0.3, 0.4) is 0 Å². The van der Waals surface area contributed by atoms with E-state index in [4.69, 9.17) is 9.47 Å². The Kier molecular flexibility index (Phi) is 5.85. The Balaban J connectivity index is 1.49. The molecule has 2 saturated heterocycles. The molecule has 0 saturated carbocycles. The number of pyridine rings is 1. The molecule has 1 N–H and O–H groups in total. The normalized spacial score (nSPS) is 22.6. The number of carbonyl (C=O) groups excluding carboxylic acids is 2. The van der Waals surface area contributed by atoms with Crippen LogP contribution in [0.1, 0.15) is 46.4 Å². The van der Waals surface area contributed by atoms with E-state index in [9.17, 15) is 14.7 Å². The summed E-state index contributed by atoms with van der Waals surface area (Å²) < 4.78 is 10.9. The van der Waals surface area contributed by atoms with Crippen LogP contribution in [-0.2, 0) is 0 Å². The molecule has 2 atom stereocenters. The lowest BCUT2D eigenvalue weighted by molar-refractivity contribution is 0.0658. The van der Waals surface area contributed by atoms with Gasteiger partial charge in [-0.3, -0.25) is 9.59 Å². The number of nitrogens with zero attached hydrogens (tertiary/aromatic N) is 2. The van der Waals surface area contributed by atoms with Crippen LogP contribution in [0.25, 0.3) is 0 Å². The zero-order valence-electron chi connectivity index (χ0n) is 16.7. The number of rotatable bonds is 7. The predicted octanol–water partition coefficient (Wildman–Crippen LogP) is 3.52. The van der Waals surface area contributed by atoms with E-state index in [-0.39, 0.29) is 22.1 Å². The summed E-state index contributed by atoms with van der Waals surface area (Å²) in [5, 5.41) is 10.2. The van der Waals surface area contributed by atoms with Gasteiger partial charge < -0.3 is 19.5 Å². The van der Waals surface area contributed by atoms with Crippen LogP contribution in [0, 0.1) is 0 Å². The SMILES string of the molecule is COc1ccc(C(=O)N2CCCCC3S[C@]32CCOc2cccc(O)c2C=O)cn1. The van der Waals surface area contributed by atoms with Crippen LogP contribution in [0.4, 0.5) is 0 Å². The Morgan fingerprint density at radius 2 is 2.23 bits per heavy atom. The number of aromatic hydroxyl groups is 1. The highest BCUT2D eigenvalue weighted by molar-refractivity contribution is 8.08. The fraction of sp³-hybridized carbons (Fsp3) is 0.409. The molecule has 2 aromatic rings. The lowest BCUT2D eigenvalue weighted by atomic mass is 10.1. The monoisotopic (exact) mass is 428 g/mol. The molecule has 0 radical (unpaired) electrons. The molecule has 0 aliphatic carbocycles. The number of amides is 1. The van der Waals surface area contributed by atoms with Crippen LogP contribution >= 0.6 is 11.8 Å². The highest BCUT2D eigenvalue weighted by Crippen LogP contribution is 2.61. The van der Waals surface area contributed by atoms with Gasteiger partial charge >= 0.3 is 0 Å². The summed E-state index contributed by atoms with van der Waals surface area (Å²) in [7, 11) is 1.54. The average molecular weight is 429 g/mol. The summed E-state index contributed by atoms with van der Waals surface area (Å²) in [5.41, 5.74) is 0.688. The lowest BCUT2D eigenvalue weighted by Gasteiger charge is -2.31. The van der Waals surface area contributed by atoms with Crippen LogP contribution in [0.15, 0.2) is 36.5 Å². The van der Waals surface area contributed by atoms with Gasteiger partial charge in [-0.2, -0.15) is 0 Å². The Hall–Kier alpha value is -2.74. The fourth-order valence-electron chi connectivity index (χ4n) is 4.02. The quantitative estimate of drug-likeness (QED) is 0.533. The highest BCUT2D eigenvalue weighted by Gasteiger charge is 2.61. The number of ether oxygens (including phenoxy) is 2. The molecule has 158 valence electrons. The highest BCUT2D eigenvalue weighted by atomic mass is 32.2. The van der Waals surface area contributed by atoms with Gasteiger partial charge in [0.1, 0.15) is 16.4 Å². The maximum atomic E-state index is 13.3. The molecular formula is C22H24N2O5S. The minimum atomic E-state index is -0.300. The van der Waals surface area contributed by atoms with Crippen molar-refractivity contribution in [2.24, 2.45) is 0 Å². The smallest absolute Gasteiger partial charge is 0.256 e. The number of carbonyl (C=O) groups is 2. The molecule has 1 aromatic carbocycles. The predicted molar refractivity (Wildman–Crippen MR) is 113 cm³/mol. The van der Waals surface area contributed by atoms with Gasteiger partial charge in [0, 0.05) is 30.5 Å². The number of aromatic nitrogens is 1. The number of phenolic OH excluding ortho intramolecular Hbond substituents is 1. The zero-order chi connectivity index (χ0) is 21.1. The molecule has 3 heterocycles. The van der Waals surface area contributed by atoms with Crippen molar-refractivity contribution in [3.63, 3.8) is 0 Å². The number of phenols is 1. The molecule has 4 rings (SSSR count). The molecule has 8 heteroatoms. The van der Waals surface area contributed by atoms with Crippen molar-refractivity contribution in [3.8, 4) is 17.4 Å². The van der Waals surface area contributed by atoms with Crippen LogP contribution in [0.5, 0.6) is 17.4 Å². The molecule has 0 bridgehead atoms. The first-order chi connectivity index (χ1) is 14.6. The third-order valence-corrected chi connectivity index (χ3v) is 7.44. The van der Waals surface area contributed by atoms with Gasteiger partial charge in [0.05, 0.1) is 24.8 Å². The van der Waals surface area contributed by atoms with Crippen molar-refractivity contribution in [2.45, 2.75) is 35.8 Å². The summed E-state index contributed by atoms with van der Waals surface area (Å²) in [5.74, 6) is 0.696. The zero-order valence-corrected chi connectivity index (χ0v) is 17.6. The molecule has 1 amide bonds. The van der Waals surface area contributed by atoms with Crippen molar-refractivity contribution in [3.05, 3.63) is 47.7 Å². The third kappa shape index (κ3) is 3.84. The van der Waals surface area contributed by atoms with Crippen molar-refractivity contribution >= 4 is 24.0 Å². The molecule has 7 nitrogen and oxygen atoms in total. The summed E-state index contributed by atoms with van der Waals surface area (Å²) in [6.07, 6.45) is 5.92. The summed E-state index contributed by atoms with van der Waals surface area (Å²) in [6.45, 7) is 1.04. The molecule has 1 unspecified atom stereocenters. The first-order valence-electron chi connectivity index (χ1n) is 9.99. The van der Waals surface area contributed by atoms with Crippen molar-refractivity contribution in [2.75, 3.05) is 20.3 Å². The van der Waals surface area contributed by atoms with E-state index in [1.165, 1.54) is 6.07 Å². The molecular weight excluding hydrogens is 404 g/mol. The van der Waals surface area contributed by atoms with E-state index < -0.39 is 0 Å². The lowest BCUT2D eigenvalue weighted by Crippen LogP contribution is -2.44. The fourth-order valence-corrected chi connectivity index (χ4v) is 5.59. The summed E-state index contributed by atoms with van der Waals surface area (Å²) >= 11 is 1.81. The first-order valence-corrected chi connectivity index (χ1v) is 10.9. The molecule has 2 fully saturated rings. The van der Waals surface area contributed by atoms with E-state index >= 15 is 0 Å². The van der Waals surface area contributed by atoms with Gasteiger partial charge in [0.15, 0.2) is 6.29 Å². The van der Waals surface area contributed by atoms with Crippen molar-refractivity contribution in [1.29, 1.82) is 0 Å². The number of thioether (sulfide) groups is 1. The van der Waals surface area contributed by atoms with Gasteiger partial charge in [-0.1, -0.05) is 12.5 Å². The minimum Gasteiger partial charge on any atom is -0.507 e. The Bertz CT molecular complexity index is 936. The second kappa shape index (κ2) is 8.55. The third-order valence-electron chi connectivity index (χ3n) is 5.66. The van der Waals surface area contributed by atoms with E-state index in [2.05, 4.69) is 4.98 Å². The Morgan fingerprint density at radius 3 is 2.97 bits per heavy atom. The molecule has 1 aromatic heterocycles. The number of fused-ring (bicyclic) bond motifs is 1. The van der Waals surface area contributed by atoms with Crippen molar-refractivity contribution < 1.29 is 24.2 Å². The minimum absolute atomic E-state index is 0.0343.